The van der Waals surface area contributed by atoms with Gasteiger partial charge in [-0.3, -0.25) is 0 Å². The topological polar surface area (TPSA) is 62.0 Å². The standard InChI is InChI=1S/C13H18FNO3/c1-4-13(3,16)8-18-12-6-5-10(14)7-11(12)9(2)15-17/h5-7,16-17H,4,8H2,1-3H3/b15-9+. The van der Waals surface area contributed by atoms with E-state index in [2.05, 4.69) is 5.16 Å². The van der Waals surface area contributed by atoms with Crippen molar-refractivity contribution in [1.29, 1.82) is 0 Å². The lowest BCUT2D eigenvalue weighted by Crippen LogP contribution is -2.31. The largest absolute Gasteiger partial charge is 0.490 e. The van der Waals surface area contributed by atoms with Gasteiger partial charge in [0.05, 0.1) is 11.3 Å². The van der Waals surface area contributed by atoms with Crippen molar-refractivity contribution >= 4 is 5.71 Å². The summed E-state index contributed by atoms with van der Waals surface area (Å²) < 4.78 is 18.6. The van der Waals surface area contributed by atoms with Gasteiger partial charge < -0.3 is 15.1 Å². The molecule has 100 valence electrons. The average molecular weight is 255 g/mol. The van der Waals surface area contributed by atoms with Gasteiger partial charge in [-0.15, -0.1) is 0 Å². The molecule has 0 saturated heterocycles. The molecule has 0 amide bonds. The minimum atomic E-state index is -0.948. The first-order valence-corrected chi connectivity index (χ1v) is 5.73. The SMILES string of the molecule is CCC(C)(O)COc1ccc(F)cc1/C(C)=N/O. The van der Waals surface area contributed by atoms with Crippen molar-refractivity contribution in [2.75, 3.05) is 6.61 Å². The first-order valence-electron chi connectivity index (χ1n) is 5.73. The van der Waals surface area contributed by atoms with Crippen LogP contribution in [-0.2, 0) is 0 Å². The van der Waals surface area contributed by atoms with Gasteiger partial charge in [0.15, 0.2) is 0 Å². The molecule has 1 aromatic rings. The Morgan fingerprint density at radius 3 is 2.72 bits per heavy atom. The number of ether oxygens (including phenoxy) is 1. The van der Waals surface area contributed by atoms with Crippen molar-refractivity contribution in [3.05, 3.63) is 29.6 Å². The highest BCUT2D eigenvalue weighted by atomic mass is 19.1. The van der Waals surface area contributed by atoms with Gasteiger partial charge in [-0.05, 0) is 38.5 Å². The van der Waals surface area contributed by atoms with Crippen molar-refractivity contribution < 1.29 is 19.4 Å². The van der Waals surface area contributed by atoms with Crippen LogP contribution >= 0.6 is 0 Å². The number of aliphatic hydroxyl groups is 1. The van der Waals surface area contributed by atoms with Crippen LogP contribution in [0.15, 0.2) is 23.4 Å². The summed E-state index contributed by atoms with van der Waals surface area (Å²) >= 11 is 0. The highest BCUT2D eigenvalue weighted by molar-refractivity contribution is 6.00. The molecule has 4 nitrogen and oxygen atoms in total. The zero-order chi connectivity index (χ0) is 13.8. The smallest absolute Gasteiger partial charge is 0.128 e. The molecule has 0 aliphatic rings. The second-order valence-electron chi connectivity index (χ2n) is 4.47. The summed E-state index contributed by atoms with van der Waals surface area (Å²) in [4.78, 5) is 0. The van der Waals surface area contributed by atoms with Gasteiger partial charge in [0, 0.05) is 5.56 Å². The van der Waals surface area contributed by atoms with E-state index in [9.17, 15) is 9.50 Å². The molecule has 0 aromatic heterocycles. The minimum absolute atomic E-state index is 0.0842. The third kappa shape index (κ3) is 3.70. The zero-order valence-electron chi connectivity index (χ0n) is 10.8. The maximum absolute atomic E-state index is 13.1. The first-order chi connectivity index (χ1) is 8.39. The Kier molecular flexibility index (Phi) is 4.67. The van der Waals surface area contributed by atoms with Crippen molar-refractivity contribution in [3.63, 3.8) is 0 Å². The second kappa shape index (κ2) is 5.82. The Bertz CT molecular complexity index is 444. The van der Waals surface area contributed by atoms with Crippen molar-refractivity contribution in [2.45, 2.75) is 32.8 Å². The fraction of sp³-hybridized carbons (Fsp3) is 0.462. The van der Waals surface area contributed by atoms with Crippen LogP contribution in [0, 0.1) is 5.82 Å². The van der Waals surface area contributed by atoms with E-state index in [1.807, 2.05) is 6.92 Å². The third-order valence-electron chi connectivity index (χ3n) is 2.78. The second-order valence-corrected chi connectivity index (χ2v) is 4.47. The number of nitrogens with zero attached hydrogens (tertiary/aromatic N) is 1. The Hall–Kier alpha value is -1.62. The van der Waals surface area contributed by atoms with Crippen LogP contribution in [0.2, 0.25) is 0 Å². The molecule has 0 fully saturated rings. The highest BCUT2D eigenvalue weighted by Gasteiger charge is 2.19. The summed E-state index contributed by atoms with van der Waals surface area (Å²) in [6.07, 6.45) is 0.538. The Morgan fingerprint density at radius 1 is 1.50 bits per heavy atom. The summed E-state index contributed by atoms with van der Waals surface area (Å²) in [6.45, 7) is 5.12. The van der Waals surface area contributed by atoms with E-state index in [-0.39, 0.29) is 12.3 Å². The van der Waals surface area contributed by atoms with E-state index in [1.165, 1.54) is 18.2 Å². The number of halogens is 1. The monoisotopic (exact) mass is 255 g/mol. The molecule has 0 bridgehead atoms. The van der Waals surface area contributed by atoms with Crippen LogP contribution in [0.25, 0.3) is 0 Å². The molecule has 0 spiro atoms. The summed E-state index contributed by atoms with van der Waals surface area (Å²) in [6, 6.07) is 3.93. The molecule has 5 heteroatoms. The lowest BCUT2D eigenvalue weighted by molar-refractivity contribution is 0.00839. The molecule has 18 heavy (non-hydrogen) atoms. The maximum atomic E-state index is 13.1. The van der Waals surface area contributed by atoms with Gasteiger partial charge >= 0.3 is 0 Å². The predicted octanol–water partition coefficient (Wildman–Crippen LogP) is 2.56. The van der Waals surface area contributed by atoms with Gasteiger partial charge in [-0.2, -0.15) is 0 Å². The maximum Gasteiger partial charge on any atom is 0.128 e. The molecule has 0 radical (unpaired) electrons. The molecule has 1 unspecified atom stereocenters. The van der Waals surface area contributed by atoms with Crippen LogP contribution in [0.1, 0.15) is 32.8 Å². The fourth-order valence-electron chi connectivity index (χ4n) is 1.30. The number of hydrogen-bond acceptors (Lipinski definition) is 4. The lowest BCUT2D eigenvalue weighted by atomic mass is 10.1. The Balaban J connectivity index is 2.95. The molecule has 1 aromatic carbocycles. The number of benzene rings is 1. The molecule has 1 atom stereocenters. The molecule has 0 heterocycles. The van der Waals surface area contributed by atoms with E-state index < -0.39 is 11.4 Å². The number of hydrogen-bond donors (Lipinski definition) is 2. The number of rotatable bonds is 5. The van der Waals surface area contributed by atoms with E-state index in [1.54, 1.807) is 13.8 Å². The predicted molar refractivity (Wildman–Crippen MR) is 66.8 cm³/mol. The minimum Gasteiger partial charge on any atom is -0.490 e. The number of oxime groups is 1. The van der Waals surface area contributed by atoms with Crippen LogP contribution in [0.5, 0.6) is 5.75 Å². The third-order valence-corrected chi connectivity index (χ3v) is 2.78. The molecule has 0 saturated carbocycles. The average Bonchev–Trinajstić information content (AvgIpc) is 2.36. The molecular formula is C13H18FNO3. The Labute approximate surface area is 106 Å². The van der Waals surface area contributed by atoms with E-state index >= 15 is 0 Å². The zero-order valence-corrected chi connectivity index (χ0v) is 10.8. The fourth-order valence-corrected chi connectivity index (χ4v) is 1.30. The lowest BCUT2D eigenvalue weighted by Gasteiger charge is -2.22. The van der Waals surface area contributed by atoms with Crippen molar-refractivity contribution in [3.8, 4) is 5.75 Å². The normalized spacial score (nSPS) is 15.3. The molecule has 1 rings (SSSR count). The van der Waals surface area contributed by atoms with Gasteiger partial charge in [0.25, 0.3) is 0 Å². The molecule has 0 aliphatic heterocycles. The molecular weight excluding hydrogens is 237 g/mol. The molecule has 2 N–H and O–H groups in total. The first kappa shape index (κ1) is 14.4. The summed E-state index contributed by atoms with van der Waals surface area (Å²) in [7, 11) is 0. The van der Waals surface area contributed by atoms with E-state index in [4.69, 9.17) is 9.94 Å². The summed E-state index contributed by atoms with van der Waals surface area (Å²) in [5.41, 5.74) is -0.333. The van der Waals surface area contributed by atoms with Crippen molar-refractivity contribution in [2.24, 2.45) is 5.16 Å². The van der Waals surface area contributed by atoms with Crippen LogP contribution in [0.4, 0.5) is 4.39 Å². The van der Waals surface area contributed by atoms with Crippen molar-refractivity contribution in [1.82, 2.24) is 0 Å². The van der Waals surface area contributed by atoms with Gasteiger partial charge in [-0.1, -0.05) is 12.1 Å². The van der Waals surface area contributed by atoms with Crippen LogP contribution in [-0.4, -0.2) is 28.2 Å². The summed E-state index contributed by atoms with van der Waals surface area (Å²) in [5, 5.41) is 21.6. The van der Waals surface area contributed by atoms with Crippen LogP contribution < -0.4 is 4.74 Å². The quantitative estimate of drug-likeness (QED) is 0.483. The van der Waals surface area contributed by atoms with Gasteiger partial charge in [0.2, 0.25) is 0 Å². The van der Waals surface area contributed by atoms with E-state index in [0.717, 1.165) is 0 Å². The summed E-state index contributed by atoms with van der Waals surface area (Å²) in [5.74, 6) is -0.0666. The molecule has 0 aliphatic carbocycles. The van der Waals surface area contributed by atoms with Crippen LogP contribution in [0.3, 0.4) is 0 Å². The highest BCUT2D eigenvalue weighted by Crippen LogP contribution is 2.22. The Morgan fingerprint density at radius 2 is 2.17 bits per heavy atom. The van der Waals surface area contributed by atoms with E-state index in [0.29, 0.717) is 17.7 Å². The van der Waals surface area contributed by atoms with Gasteiger partial charge in [-0.25, -0.2) is 4.39 Å². The van der Waals surface area contributed by atoms with Gasteiger partial charge in [0.1, 0.15) is 18.2 Å².